The van der Waals surface area contributed by atoms with Crippen LogP contribution < -0.4 is 5.32 Å². The molecule has 0 aliphatic heterocycles. The fraction of sp³-hybridized carbons (Fsp3) is 0.200. The fourth-order valence-corrected chi connectivity index (χ4v) is 2.53. The van der Waals surface area contributed by atoms with Crippen molar-refractivity contribution in [2.24, 2.45) is 0 Å². The van der Waals surface area contributed by atoms with E-state index in [0.717, 1.165) is 22.4 Å². The molecule has 0 spiro atoms. The van der Waals surface area contributed by atoms with E-state index in [9.17, 15) is 4.79 Å². The summed E-state index contributed by atoms with van der Waals surface area (Å²) in [4.78, 5) is 16.5. The lowest BCUT2D eigenvalue weighted by atomic mass is 10.1. The largest absolute Gasteiger partial charge is 0.459 e. The molecule has 0 aliphatic rings. The van der Waals surface area contributed by atoms with Gasteiger partial charge < -0.3 is 10.1 Å². The van der Waals surface area contributed by atoms with Gasteiger partial charge in [-0.1, -0.05) is 18.2 Å². The Morgan fingerprint density at radius 2 is 1.79 bits per heavy atom. The van der Waals surface area contributed by atoms with Crippen LogP contribution in [-0.4, -0.2) is 17.1 Å². The molecule has 2 aromatic carbocycles. The molecule has 0 aliphatic carbocycles. The summed E-state index contributed by atoms with van der Waals surface area (Å²) in [5, 5.41) is 4.43. The molecular weight excluding hydrogens is 300 g/mol. The number of carbonyl (C=O) groups is 1. The van der Waals surface area contributed by atoms with Crippen molar-refractivity contribution in [3.63, 3.8) is 0 Å². The maximum Gasteiger partial charge on any atom is 0.338 e. The molecule has 1 aromatic heterocycles. The molecular formula is C20H20N2O2. The number of nitrogens with zero attached hydrogens (tertiary/aromatic N) is 1. The molecule has 4 heteroatoms. The van der Waals surface area contributed by atoms with Crippen molar-refractivity contribution in [2.75, 3.05) is 5.32 Å². The van der Waals surface area contributed by atoms with E-state index in [0.29, 0.717) is 5.56 Å². The van der Waals surface area contributed by atoms with Gasteiger partial charge in [0.25, 0.3) is 0 Å². The Kier molecular flexibility index (Phi) is 4.47. The highest BCUT2D eigenvalue weighted by Gasteiger charge is 2.09. The number of aryl methyl sites for hydroxylation is 1. The normalized spacial score (nSPS) is 10.8. The van der Waals surface area contributed by atoms with Crippen molar-refractivity contribution in [1.29, 1.82) is 0 Å². The number of anilines is 2. The Hall–Kier alpha value is -2.88. The van der Waals surface area contributed by atoms with Crippen molar-refractivity contribution in [3.8, 4) is 0 Å². The minimum Gasteiger partial charge on any atom is -0.459 e. The van der Waals surface area contributed by atoms with E-state index in [1.165, 1.54) is 5.56 Å². The van der Waals surface area contributed by atoms with Crippen molar-refractivity contribution in [1.82, 2.24) is 4.98 Å². The maximum absolute atomic E-state index is 11.9. The van der Waals surface area contributed by atoms with Gasteiger partial charge in [0.1, 0.15) is 5.82 Å². The number of pyridine rings is 1. The van der Waals surface area contributed by atoms with Crippen molar-refractivity contribution >= 4 is 28.4 Å². The van der Waals surface area contributed by atoms with Gasteiger partial charge in [-0.25, -0.2) is 9.78 Å². The third-order valence-corrected chi connectivity index (χ3v) is 3.66. The molecule has 4 nitrogen and oxygen atoms in total. The Morgan fingerprint density at radius 3 is 2.50 bits per heavy atom. The monoisotopic (exact) mass is 320 g/mol. The van der Waals surface area contributed by atoms with Crippen molar-refractivity contribution in [3.05, 3.63) is 65.7 Å². The Labute approximate surface area is 141 Å². The van der Waals surface area contributed by atoms with Crippen LogP contribution in [0, 0.1) is 6.92 Å². The summed E-state index contributed by atoms with van der Waals surface area (Å²) in [7, 11) is 0. The van der Waals surface area contributed by atoms with Crippen LogP contribution in [0.4, 0.5) is 11.5 Å². The fourth-order valence-electron chi connectivity index (χ4n) is 2.53. The molecule has 1 N–H and O–H groups in total. The minimum atomic E-state index is -0.309. The SMILES string of the molecule is Cc1cc(Nc2ccc(C(=O)OC(C)C)cc2)nc2ccccc12. The zero-order valence-corrected chi connectivity index (χ0v) is 14.0. The van der Waals surface area contributed by atoms with Gasteiger partial charge in [-0.05, 0) is 62.7 Å². The molecule has 3 aromatic rings. The van der Waals surface area contributed by atoms with Crippen LogP contribution >= 0.6 is 0 Å². The number of aromatic nitrogens is 1. The summed E-state index contributed by atoms with van der Waals surface area (Å²) in [6.45, 7) is 5.74. The van der Waals surface area contributed by atoms with Gasteiger partial charge in [0.05, 0.1) is 17.2 Å². The number of esters is 1. The average Bonchev–Trinajstić information content (AvgIpc) is 2.55. The first-order valence-electron chi connectivity index (χ1n) is 7.97. The van der Waals surface area contributed by atoms with Gasteiger partial charge in [-0.15, -0.1) is 0 Å². The molecule has 0 saturated carbocycles. The lowest BCUT2D eigenvalue weighted by Crippen LogP contribution is -2.11. The summed E-state index contributed by atoms with van der Waals surface area (Å²) in [6, 6.07) is 17.3. The first kappa shape index (κ1) is 16.0. The molecule has 0 saturated heterocycles. The highest BCUT2D eigenvalue weighted by molar-refractivity contribution is 5.90. The highest BCUT2D eigenvalue weighted by atomic mass is 16.5. The van der Waals surface area contributed by atoms with Gasteiger partial charge in [0.15, 0.2) is 0 Å². The zero-order valence-electron chi connectivity index (χ0n) is 14.0. The van der Waals surface area contributed by atoms with E-state index in [1.54, 1.807) is 12.1 Å². The molecule has 0 fully saturated rings. The van der Waals surface area contributed by atoms with Crippen LogP contribution in [0.3, 0.4) is 0 Å². The third-order valence-electron chi connectivity index (χ3n) is 3.66. The van der Waals surface area contributed by atoms with E-state index in [1.807, 2.05) is 50.2 Å². The first-order chi connectivity index (χ1) is 11.5. The van der Waals surface area contributed by atoms with Crippen molar-refractivity contribution < 1.29 is 9.53 Å². The van der Waals surface area contributed by atoms with Crippen LogP contribution in [0.2, 0.25) is 0 Å². The second-order valence-electron chi connectivity index (χ2n) is 6.00. The number of ether oxygens (including phenoxy) is 1. The van der Waals surface area contributed by atoms with E-state index in [2.05, 4.69) is 23.3 Å². The van der Waals surface area contributed by atoms with Gasteiger partial charge >= 0.3 is 5.97 Å². The summed E-state index contributed by atoms with van der Waals surface area (Å²) >= 11 is 0. The average molecular weight is 320 g/mol. The maximum atomic E-state index is 11.9. The molecule has 3 rings (SSSR count). The molecule has 0 radical (unpaired) electrons. The predicted octanol–water partition coefficient (Wildman–Crippen LogP) is 4.85. The van der Waals surface area contributed by atoms with E-state index < -0.39 is 0 Å². The smallest absolute Gasteiger partial charge is 0.338 e. The van der Waals surface area contributed by atoms with E-state index in [4.69, 9.17) is 4.74 Å². The summed E-state index contributed by atoms with van der Waals surface area (Å²) in [5.41, 5.74) is 3.53. The van der Waals surface area contributed by atoms with Crippen LogP contribution in [0.1, 0.15) is 29.8 Å². The molecule has 0 bridgehead atoms. The molecule has 1 heterocycles. The lowest BCUT2D eigenvalue weighted by Gasteiger charge is -2.10. The number of hydrogen-bond donors (Lipinski definition) is 1. The molecule has 0 atom stereocenters. The lowest BCUT2D eigenvalue weighted by molar-refractivity contribution is 0.0378. The topological polar surface area (TPSA) is 51.2 Å². The highest BCUT2D eigenvalue weighted by Crippen LogP contribution is 2.22. The number of benzene rings is 2. The predicted molar refractivity (Wildman–Crippen MR) is 96.8 cm³/mol. The zero-order chi connectivity index (χ0) is 17.1. The standard InChI is InChI=1S/C20H20N2O2/c1-13(2)24-20(23)15-8-10-16(11-9-15)21-19-12-14(3)17-6-4-5-7-18(17)22-19/h4-13H,1-3H3,(H,21,22). The summed E-state index contributed by atoms with van der Waals surface area (Å²) < 4.78 is 5.19. The first-order valence-corrected chi connectivity index (χ1v) is 7.97. The molecule has 0 amide bonds. The summed E-state index contributed by atoms with van der Waals surface area (Å²) in [6.07, 6.45) is -0.125. The molecule has 122 valence electrons. The van der Waals surface area contributed by atoms with Gasteiger partial charge in [0.2, 0.25) is 0 Å². The number of fused-ring (bicyclic) bond motifs is 1. The van der Waals surface area contributed by atoms with E-state index in [-0.39, 0.29) is 12.1 Å². The Bertz CT molecular complexity index is 870. The van der Waals surface area contributed by atoms with Gasteiger partial charge in [0, 0.05) is 11.1 Å². The second kappa shape index (κ2) is 6.71. The van der Waals surface area contributed by atoms with Gasteiger partial charge in [-0.2, -0.15) is 0 Å². The van der Waals surface area contributed by atoms with Crippen LogP contribution in [-0.2, 0) is 4.74 Å². The van der Waals surface area contributed by atoms with Crippen LogP contribution in [0.15, 0.2) is 54.6 Å². The minimum absolute atomic E-state index is 0.125. The molecule has 24 heavy (non-hydrogen) atoms. The number of hydrogen-bond acceptors (Lipinski definition) is 4. The third kappa shape index (κ3) is 3.54. The number of nitrogens with one attached hydrogen (secondary N) is 1. The number of carbonyl (C=O) groups excluding carboxylic acids is 1. The summed E-state index contributed by atoms with van der Waals surface area (Å²) in [5.74, 6) is 0.472. The molecule has 0 unspecified atom stereocenters. The Balaban J connectivity index is 1.80. The van der Waals surface area contributed by atoms with Crippen molar-refractivity contribution in [2.45, 2.75) is 26.9 Å². The quantitative estimate of drug-likeness (QED) is 0.698. The second-order valence-corrected chi connectivity index (χ2v) is 6.00. The van der Waals surface area contributed by atoms with Crippen LogP contribution in [0.25, 0.3) is 10.9 Å². The Morgan fingerprint density at radius 1 is 1.08 bits per heavy atom. The number of rotatable bonds is 4. The number of para-hydroxylation sites is 1. The van der Waals surface area contributed by atoms with E-state index >= 15 is 0 Å². The van der Waals surface area contributed by atoms with Gasteiger partial charge in [-0.3, -0.25) is 0 Å². The van der Waals surface area contributed by atoms with Crippen LogP contribution in [0.5, 0.6) is 0 Å².